The normalized spacial score (nSPS) is 12.4. The molecule has 0 saturated heterocycles. The van der Waals surface area contributed by atoms with Gasteiger partial charge in [-0.15, -0.1) is 0 Å². The predicted molar refractivity (Wildman–Crippen MR) is 86.7 cm³/mol. The Labute approximate surface area is 177 Å². The van der Waals surface area contributed by atoms with Crippen molar-refractivity contribution in [3.8, 4) is 0 Å². The molecule has 2 nitrogen and oxygen atoms in total. The Kier molecular flexibility index (Phi) is 13.3. The van der Waals surface area contributed by atoms with Crippen molar-refractivity contribution < 1.29 is 67.2 Å². The van der Waals surface area contributed by atoms with Crippen LogP contribution in [0.4, 0.5) is 26.3 Å². The number of ketones is 1. The summed E-state index contributed by atoms with van der Waals surface area (Å²) in [6, 6.07) is 16.2. The molecule has 0 radical (unpaired) electrons. The Morgan fingerprint density at radius 3 is 1.52 bits per heavy atom. The fourth-order valence-electron chi connectivity index (χ4n) is 1.60. The zero-order valence-corrected chi connectivity index (χ0v) is 17.0. The Bertz CT molecular complexity index is 649. The maximum Gasteiger partial charge on any atom is 1.00 e. The monoisotopic (exact) mass is 404 g/mol. The maximum absolute atomic E-state index is 12.3. The standard InChI is InChI=1S/C9H9F3O.C8H8O.CHF3.Na.H/c1-8(13,9(10,11)12)7-5-3-2-4-6-7;1-7(9)8-5-3-2-4-6-8;2-1(3)4;;/h2-6,13H,1H3;2-6H,1H3;1H;;/q;;;+1;-1. The van der Waals surface area contributed by atoms with Crippen molar-refractivity contribution in [3.63, 3.8) is 0 Å². The van der Waals surface area contributed by atoms with Crippen LogP contribution in [-0.4, -0.2) is 23.7 Å². The van der Waals surface area contributed by atoms with Crippen molar-refractivity contribution in [1.29, 1.82) is 0 Å². The molecule has 0 bridgehead atoms. The van der Waals surface area contributed by atoms with Crippen LogP contribution in [0.15, 0.2) is 60.7 Å². The first-order chi connectivity index (χ1) is 11.9. The van der Waals surface area contributed by atoms with Crippen LogP contribution in [0.5, 0.6) is 0 Å². The summed E-state index contributed by atoms with van der Waals surface area (Å²) in [7, 11) is 0. The van der Waals surface area contributed by atoms with Gasteiger partial charge in [0.25, 0.3) is 0 Å². The van der Waals surface area contributed by atoms with Crippen LogP contribution in [-0.2, 0) is 5.60 Å². The van der Waals surface area contributed by atoms with Gasteiger partial charge in [-0.05, 0) is 19.4 Å². The topological polar surface area (TPSA) is 37.3 Å². The molecular weight excluding hydrogens is 385 g/mol. The fraction of sp³-hybridized carbons (Fsp3) is 0.278. The van der Waals surface area contributed by atoms with E-state index in [1.54, 1.807) is 13.0 Å². The van der Waals surface area contributed by atoms with Crippen molar-refractivity contribution >= 4 is 5.78 Å². The molecule has 0 aliphatic heterocycles. The van der Waals surface area contributed by atoms with Crippen LogP contribution in [0, 0.1) is 0 Å². The summed E-state index contributed by atoms with van der Waals surface area (Å²) in [4.78, 5) is 10.6. The summed E-state index contributed by atoms with van der Waals surface area (Å²) in [6.45, 7) is -1.36. The van der Waals surface area contributed by atoms with E-state index in [1.807, 2.05) is 30.3 Å². The van der Waals surface area contributed by atoms with Crippen LogP contribution in [0.1, 0.15) is 31.2 Å². The van der Waals surface area contributed by atoms with E-state index in [4.69, 9.17) is 0 Å². The molecular formula is C18H19F6NaO2. The number of benzene rings is 2. The summed E-state index contributed by atoms with van der Waals surface area (Å²) >= 11 is 0. The average molecular weight is 404 g/mol. The van der Waals surface area contributed by atoms with E-state index in [0.29, 0.717) is 0 Å². The minimum absolute atomic E-state index is 0. The predicted octanol–water partition coefficient (Wildman–Crippen LogP) is 2.64. The van der Waals surface area contributed by atoms with E-state index < -0.39 is 18.5 Å². The van der Waals surface area contributed by atoms with Gasteiger partial charge in [-0.3, -0.25) is 4.79 Å². The molecule has 0 aliphatic carbocycles. The molecule has 1 N–H and O–H groups in total. The summed E-state index contributed by atoms with van der Waals surface area (Å²) in [5, 5.41) is 9.20. The first-order valence-corrected chi connectivity index (χ1v) is 7.22. The Morgan fingerprint density at radius 1 is 0.926 bits per heavy atom. The van der Waals surface area contributed by atoms with Crippen LogP contribution >= 0.6 is 0 Å². The molecule has 0 aliphatic rings. The van der Waals surface area contributed by atoms with Gasteiger partial charge in [-0.1, -0.05) is 60.7 Å². The van der Waals surface area contributed by atoms with Gasteiger partial charge in [0.1, 0.15) is 0 Å². The number of rotatable bonds is 2. The molecule has 146 valence electrons. The van der Waals surface area contributed by atoms with Crippen molar-refractivity contribution in [1.82, 2.24) is 0 Å². The number of aliphatic hydroxyl groups is 1. The van der Waals surface area contributed by atoms with Crippen LogP contribution in [0.3, 0.4) is 0 Å². The van der Waals surface area contributed by atoms with E-state index in [0.717, 1.165) is 12.5 Å². The largest absolute Gasteiger partial charge is 1.00 e. The summed E-state index contributed by atoms with van der Waals surface area (Å²) in [6.07, 6.45) is -4.64. The molecule has 1 atom stereocenters. The SMILES string of the molecule is CC(=O)c1ccccc1.CC(O)(c1ccccc1)C(F)(F)F.FC(F)F.[H-].[Na+]. The fourth-order valence-corrected chi connectivity index (χ4v) is 1.60. The van der Waals surface area contributed by atoms with Crippen LogP contribution in [0.2, 0.25) is 0 Å². The van der Waals surface area contributed by atoms with Crippen molar-refractivity contribution in [2.75, 3.05) is 0 Å². The molecule has 2 aromatic carbocycles. The number of carbonyl (C=O) groups excluding carboxylic acids is 1. The Hall–Kier alpha value is -1.35. The van der Waals surface area contributed by atoms with Crippen LogP contribution < -0.4 is 29.6 Å². The molecule has 0 aromatic heterocycles. The van der Waals surface area contributed by atoms with Gasteiger partial charge >= 0.3 is 42.4 Å². The van der Waals surface area contributed by atoms with E-state index in [2.05, 4.69) is 0 Å². The zero-order chi connectivity index (χ0) is 20.4. The number of hydrogen-bond donors (Lipinski definition) is 1. The van der Waals surface area contributed by atoms with Gasteiger partial charge < -0.3 is 6.53 Å². The molecule has 9 heteroatoms. The average Bonchev–Trinajstić information content (AvgIpc) is 2.55. The van der Waals surface area contributed by atoms with Crippen molar-refractivity contribution in [2.24, 2.45) is 0 Å². The van der Waals surface area contributed by atoms with Crippen molar-refractivity contribution in [2.45, 2.75) is 32.3 Å². The third-order valence-electron chi connectivity index (χ3n) is 3.07. The molecule has 1 unspecified atom stereocenters. The third-order valence-corrected chi connectivity index (χ3v) is 3.07. The molecule has 0 fully saturated rings. The summed E-state index contributed by atoms with van der Waals surface area (Å²) < 4.78 is 65.8. The second-order valence-corrected chi connectivity index (χ2v) is 5.11. The maximum atomic E-state index is 12.3. The molecule has 0 heterocycles. The van der Waals surface area contributed by atoms with E-state index in [1.165, 1.54) is 24.3 Å². The number of alkyl halides is 6. The van der Waals surface area contributed by atoms with Crippen molar-refractivity contribution in [3.05, 3.63) is 71.8 Å². The molecule has 0 spiro atoms. The van der Waals surface area contributed by atoms with Gasteiger partial charge in [0.05, 0.1) is 0 Å². The van der Waals surface area contributed by atoms with Gasteiger partial charge in [0, 0.05) is 5.56 Å². The minimum atomic E-state index is -4.64. The first-order valence-electron chi connectivity index (χ1n) is 7.22. The van der Waals surface area contributed by atoms with Gasteiger partial charge in [-0.2, -0.15) is 26.3 Å². The zero-order valence-electron chi connectivity index (χ0n) is 16.0. The van der Waals surface area contributed by atoms with Gasteiger partial charge in [0.15, 0.2) is 11.4 Å². The molecule has 2 rings (SSSR count). The number of halogens is 6. The van der Waals surface area contributed by atoms with E-state index in [-0.39, 0.29) is 42.3 Å². The number of Topliss-reactive ketones (excluding diaryl/α,β-unsaturated/α-hetero) is 1. The van der Waals surface area contributed by atoms with Crippen LogP contribution in [0.25, 0.3) is 0 Å². The number of carbonyl (C=O) groups is 1. The molecule has 0 amide bonds. The Morgan fingerprint density at radius 2 is 1.26 bits per heavy atom. The minimum Gasteiger partial charge on any atom is -1.00 e. The molecule has 2 aromatic rings. The van der Waals surface area contributed by atoms with E-state index in [9.17, 15) is 36.2 Å². The van der Waals surface area contributed by atoms with Gasteiger partial charge in [0.2, 0.25) is 0 Å². The summed E-state index contributed by atoms with van der Waals surface area (Å²) in [5.41, 5.74) is -2.14. The Balaban J connectivity index is -0.000000366. The molecule has 27 heavy (non-hydrogen) atoms. The second-order valence-electron chi connectivity index (χ2n) is 5.11. The first kappa shape index (κ1) is 27.9. The second kappa shape index (κ2) is 12.9. The number of hydrogen-bond acceptors (Lipinski definition) is 2. The quantitative estimate of drug-likeness (QED) is 0.475. The third kappa shape index (κ3) is 11.2. The van der Waals surface area contributed by atoms with Gasteiger partial charge in [-0.25, -0.2) is 0 Å². The smallest absolute Gasteiger partial charge is 1.00 e. The molecule has 0 saturated carbocycles. The summed E-state index contributed by atoms with van der Waals surface area (Å²) in [5.74, 6) is 0.121. The van der Waals surface area contributed by atoms with E-state index >= 15 is 0 Å².